The number of aliphatic carboxylic acids is 1. The highest BCUT2D eigenvalue weighted by molar-refractivity contribution is 6.44. The minimum atomic E-state index is -1.07. The number of rotatable bonds is 4. The van der Waals surface area contributed by atoms with Gasteiger partial charge < -0.3 is 10.4 Å². The van der Waals surface area contributed by atoms with Crippen LogP contribution in [0.3, 0.4) is 0 Å². The average Bonchev–Trinajstić information content (AvgIpc) is 2.20. The fourth-order valence-corrected chi connectivity index (χ4v) is 1.55. The molecule has 0 saturated heterocycles. The van der Waals surface area contributed by atoms with Crippen LogP contribution in [0, 0.1) is 0 Å². The van der Waals surface area contributed by atoms with Gasteiger partial charge in [0.25, 0.3) is 0 Å². The monoisotopic (exact) mass is 279 g/mol. The Balaban J connectivity index is 2.78. The summed E-state index contributed by atoms with van der Waals surface area (Å²) in [5.41, 5.74) is 0.542. The van der Waals surface area contributed by atoms with Crippen molar-refractivity contribution in [3.63, 3.8) is 0 Å². The van der Waals surface area contributed by atoms with E-state index >= 15 is 0 Å². The lowest BCUT2D eigenvalue weighted by molar-refractivity contribution is -0.132. The molecule has 0 bridgehead atoms. The highest BCUT2D eigenvalue weighted by Crippen LogP contribution is 2.32. The summed E-state index contributed by atoms with van der Waals surface area (Å²) in [5, 5.41) is 12.5. The molecule has 0 radical (unpaired) electrons. The molecule has 0 amide bonds. The molecule has 2 N–H and O–H groups in total. The van der Waals surface area contributed by atoms with Crippen LogP contribution >= 0.6 is 34.8 Å². The molecule has 1 aromatic rings. The Morgan fingerprint density at radius 3 is 2.38 bits per heavy atom. The Kier molecular flexibility index (Phi) is 4.47. The van der Waals surface area contributed by atoms with Crippen LogP contribution in [-0.4, -0.2) is 17.6 Å². The standard InChI is InChI=1S/C10H8Cl3NO2/c1-5(10(15)16)4-14-9-3-7(12)6(11)2-8(9)13/h2-3,14H,1,4H2,(H,15,16). The van der Waals surface area contributed by atoms with Gasteiger partial charge in [-0.15, -0.1) is 0 Å². The number of anilines is 1. The van der Waals surface area contributed by atoms with Gasteiger partial charge >= 0.3 is 5.97 Å². The minimum absolute atomic E-state index is 0.0298. The van der Waals surface area contributed by atoms with E-state index in [0.29, 0.717) is 20.8 Å². The molecule has 16 heavy (non-hydrogen) atoms. The molecule has 0 aliphatic carbocycles. The number of hydrogen-bond acceptors (Lipinski definition) is 2. The molecule has 0 spiro atoms. The van der Waals surface area contributed by atoms with E-state index in [1.165, 1.54) is 12.1 Å². The predicted octanol–water partition coefficient (Wildman–Crippen LogP) is 3.70. The first-order valence-electron chi connectivity index (χ1n) is 4.21. The predicted molar refractivity (Wildman–Crippen MR) is 66.7 cm³/mol. The lowest BCUT2D eigenvalue weighted by atomic mass is 10.2. The molecule has 86 valence electrons. The van der Waals surface area contributed by atoms with Crippen molar-refractivity contribution in [2.45, 2.75) is 0 Å². The summed E-state index contributed by atoms with van der Waals surface area (Å²) in [4.78, 5) is 10.5. The Morgan fingerprint density at radius 2 is 1.81 bits per heavy atom. The van der Waals surface area contributed by atoms with Crippen molar-refractivity contribution in [1.82, 2.24) is 0 Å². The first-order chi connectivity index (χ1) is 7.41. The smallest absolute Gasteiger partial charge is 0.332 e. The molecule has 0 heterocycles. The third-order valence-electron chi connectivity index (χ3n) is 1.80. The quantitative estimate of drug-likeness (QED) is 0.653. The molecule has 0 atom stereocenters. The lowest BCUT2D eigenvalue weighted by Gasteiger charge is -2.09. The molecular formula is C10H8Cl3NO2. The minimum Gasteiger partial charge on any atom is -0.478 e. The van der Waals surface area contributed by atoms with E-state index in [1.54, 1.807) is 0 Å². The van der Waals surface area contributed by atoms with Crippen molar-refractivity contribution in [3.8, 4) is 0 Å². The van der Waals surface area contributed by atoms with Gasteiger partial charge in [0, 0.05) is 12.1 Å². The zero-order chi connectivity index (χ0) is 12.3. The van der Waals surface area contributed by atoms with Crippen molar-refractivity contribution in [2.75, 3.05) is 11.9 Å². The van der Waals surface area contributed by atoms with Crippen molar-refractivity contribution >= 4 is 46.5 Å². The third kappa shape index (κ3) is 3.30. The molecule has 6 heteroatoms. The molecule has 0 aliphatic rings. The van der Waals surface area contributed by atoms with E-state index in [1.807, 2.05) is 0 Å². The summed E-state index contributed by atoms with van der Waals surface area (Å²) >= 11 is 17.4. The van der Waals surface area contributed by atoms with Gasteiger partial charge in [-0.05, 0) is 12.1 Å². The van der Waals surface area contributed by atoms with E-state index in [9.17, 15) is 4.79 Å². The second kappa shape index (κ2) is 5.43. The van der Waals surface area contributed by atoms with Crippen LogP contribution in [0.5, 0.6) is 0 Å². The Labute approximate surface area is 108 Å². The van der Waals surface area contributed by atoms with Gasteiger partial charge in [-0.2, -0.15) is 0 Å². The molecule has 0 aromatic heterocycles. The van der Waals surface area contributed by atoms with E-state index in [2.05, 4.69) is 11.9 Å². The molecule has 0 fully saturated rings. The van der Waals surface area contributed by atoms with Gasteiger partial charge in [-0.25, -0.2) is 4.79 Å². The maximum absolute atomic E-state index is 10.5. The van der Waals surface area contributed by atoms with E-state index in [4.69, 9.17) is 39.9 Å². The molecular weight excluding hydrogens is 272 g/mol. The number of carbonyl (C=O) groups is 1. The van der Waals surface area contributed by atoms with Crippen LogP contribution in [-0.2, 0) is 4.79 Å². The van der Waals surface area contributed by atoms with Gasteiger partial charge in [-0.1, -0.05) is 41.4 Å². The van der Waals surface area contributed by atoms with Gasteiger partial charge in [0.1, 0.15) is 0 Å². The van der Waals surface area contributed by atoms with E-state index in [-0.39, 0.29) is 12.1 Å². The van der Waals surface area contributed by atoms with Crippen molar-refractivity contribution in [3.05, 3.63) is 39.4 Å². The molecule has 3 nitrogen and oxygen atoms in total. The molecule has 1 rings (SSSR count). The second-order valence-corrected chi connectivity index (χ2v) is 4.23. The van der Waals surface area contributed by atoms with Gasteiger partial charge in [0.2, 0.25) is 0 Å². The lowest BCUT2D eigenvalue weighted by Crippen LogP contribution is -2.11. The van der Waals surface area contributed by atoms with E-state index < -0.39 is 5.97 Å². The SMILES string of the molecule is C=C(CNc1cc(Cl)c(Cl)cc1Cl)C(=O)O. The van der Waals surface area contributed by atoms with Crippen LogP contribution in [0.15, 0.2) is 24.3 Å². The van der Waals surface area contributed by atoms with Crippen LogP contribution < -0.4 is 5.32 Å². The van der Waals surface area contributed by atoms with Crippen LogP contribution in [0.25, 0.3) is 0 Å². The zero-order valence-corrected chi connectivity index (χ0v) is 10.3. The number of carboxylic acids is 1. The maximum Gasteiger partial charge on any atom is 0.332 e. The molecule has 0 saturated carbocycles. The zero-order valence-electron chi connectivity index (χ0n) is 8.06. The average molecular weight is 281 g/mol. The summed E-state index contributed by atoms with van der Waals surface area (Å²) in [5.74, 6) is -1.07. The fourth-order valence-electron chi connectivity index (χ4n) is 0.936. The maximum atomic E-state index is 10.5. The topological polar surface area (TPSA) is 49.3 Å². The first-order valence-corrected chi connectivity index (χ1v) is 5.34. The summed E-state index contributed by atoms with van der Waals surface area (Å²) in [6.45, 7) is 3.45. The Hall–Kier alpha value is -0.900. The summed E-state index contributed by atoms with van der Waals surface area (Å²) in [6.07, 6.45) is 0. The molecule has 1 aromatic carbocycles. The first kappa shape index (κ1) is 13.2. The number of benzene rings is 1. The van der Waals surface area contributed by atoms with E-state index in [0.717, 1.165) is 0 Å². The van der Waals surface area contributed by atoms with Crippen LogP contribution in [0.2, 0.25) is 15.1 Å². The summed E-state index contributed by atoms with van der Waals surface area (Å²) in [6, 6.07) is 3.01. The molecule has 0 aliphatic heterocycles. The van der Waals surface area contributed by atoms with Crippen molar-refractivity contribution in [2.24, 2.45) is 0 Å². The normalized spacial score (nSPS) is 9.94. The summed E-state index contributed by atoms with van der Waals surface area (Å²) in [7, 11) is 0. The summed E-state index contributed by atoms with van der Waals surface area (Å²) < 4.78 is 0. The van der Waals surface area contributed by atoms with Gasteiger partial charge in [0.05, 0.1) is 20.8 Å². The van der Waals surface area contributed by atoms with Gasteiger partial charge in [0.15, 0.2) is 0 Å². The van der Waals surface area contributed by atoms with Gasteiger partial charge in [-0.3, -0.25) is 0 Å². The third-order valence-corrected chi connectivity index (χ3v) is 2.84. The van der Waals surface area contributed by atoms with Crippen LogP contribution in [0.1, 0.15) is 0 Å². The number of nitrogens with one attached hydrogen (secondary N) is 1. The highest BCUT2D eigenvalue weighted by atomic mass is 35.5. The van der Waals surface area contributed by atoms with Crippen molar-refractivity contribution in [1.29, 1.82) is 0 Å². The number of halogens is 3. The van der Waals surface area contributed by atoms with Crippen LogP contribution in [0.4, 0.5) is 5.69 Å². The Bertz CT molecular complexity index is 446. The number of hydrogen-bond donors (Lipinski definition) is 2. The highest BCUT2D eigenvalue weighted by Gasteiger charge is 2.08. The second-order valence-electron chi connectivity index (χ2n) is 3.01. The largest absolute Gasteiger partial charge is 0.478 e. The molecule has 0 unspecified atom stereocenters. The fraction of sp³-hybridized carbons (Fsp3) is 0.100. The Morgan fingerprint density at radius 1 is 1.25 bits per heavy atom. The number of carboxylic acid groups (broad SMARTS) is 1. The van der Waals surface area contributed by atoms with Crippen molar-refractivity contribution < 1.29 is 9.90 Å².